The normalized spacial score (nSPS) is 12.3. The van der Waals surface area contributed by atoms with Crippen molar-refractivity contribution in [3.63, 3.8) is 0 Å². The van der Waals surface area contributed by atoms with Crippen molar-refractivity contribution in [2.24, 2.45) is 5.14 Å². The summed E-state index contributed by atoms with van der Waals surface area (Å²) in [5.41, 5.74) is -0.123. The molecule has 1 heterocycles. The van der Waals surface area contributed by atoms with Gasteiger partial charge in [-0.05, 0) is 37.3 Å². The Labute approximate surface area is 159 Å². The summed E-state index contributed by atoms with van der Waals surface area (Å²) in [7, 11) is -4.12. The van der Waals surface area contributed by atoms with E-state index in [1.165, 1.54) is 37.4 Å². The van der Waals surface area contributed by atoms with E-state index in [0.717, 1.165) is 6.07 Å². The molecule has 1 unspecified atom stereocenters. The van der Waals surface area contributed by atoms with Gasteiger partial charge >= 0.3 is 5.97 Å². The second-order valence-corrected chi connectivity index (χ2v) is 7.46. The van der Waals surface area contributed by atoms with Gasteiger partial charge in [0.25, 0.3) is 5.91 Å². The summed E-state index contributed by atoms with van der Waals surface area (Å²) in [6, 6.07) is 6.44. The molecule has 138 valence electrons. The number of anilines is 1. The largest absolute Gasteiger partial charge is 0.449 e. The molecule has 0 spiro atoms. The number of nitrogens with two attached hydrogens (primary N) is 1. The molecule has 2 rings (SSSR count). The number of esters is 1. The van der Waals surface area contributed by atoms with Gasteiger partial charge in [0.1, 0.15) is 10.7 Å². The van der Waals surface area contributed by atoms with E-state index in [-0.39, 0.29) is 16.4 Å². The van der Waals surface area contributed by atoms with Gasteiger partial charge in [0, 0.05) is 6.20 Å². The maximum Gasteiger partial charge on any atom is 0.338 e. The number of primary sulfonamides is 1. The minimum atomic E-state index is -4.12. The number of carbonyl (C=O) groups is 2. The van der Waals surface area contributed by atoms with Gasteiger partial charge in [-0.2, -0.15) is 0 Å². The molecule has 0 bridgehead atoms. The van der Waals surface area contributed by atoms with Crippen molar-refractivity contribution in [2.45, 2.75) is 17.9 Å². The second kappa shape index (κ2) is 8.00. The minimum Gasteiger partial charge on any atom is -0.449 e. The van der Waals surface area contributed by atoms with Crippen molar-refractivity contribution in [1.82, 2.24) is 4.98 Å². The quantitative estimate of drug-likeness (QED) is 0.717. The fourth-order valence-electron chi connectivity index (χ4n) is 1.81. The zero-order chi connectivity index (χ0) is 19.5. The van der Waals surface area contributed by atoms with Crippen molar-refractivity contribution in [1.29, 1.82) is 0 Å². The average molecular weight is 418 g/mol. The molecule has 1 aromatic carbocycles. The van der Waals surface area contributed by atoms with E-state index in [1.54, 1.807) is 0 Å². The fraction of sp³-hybridized carbons (Fsp3) is 0.133. The summed E-state index contributed by atoms with van der Waals surface area (Å²) in [6.07, 6.45) is 0.171. The number of halogens is 2. The number of rotatable bonds is 5. The highest BCUT2D eigenvalue weighted by Gasteiger charge is 2.22. The summed E-state index contributed by atoms with van der Waals surface area (Å²) in [6.45, 7) is 1.35. The van der Waals surface area contributed by atoms with E-state index in [9.17, 15) is 18.0 Å². The van der Waals surface area contributed by atoms with Gasteiger partial charge in [0.2, 0.25) is 10.0 Å². The predicted octanol–water partition coefficient (Wildman–Crippen LogP) is 2.22. The van der Waals surface area contributed by atoms with Gasteiger partial charge < -0.3 is 10.1 Å². The number of hydrogen-bond donors (Lipinski definition) is 2. The summed E-state index contributed by atoms with van der Waals surface area (Å²) >= 11 is 11.4. The number of carbonyl (C=O) groups excluding carboxylic acids is 2. The molecule has 1 atom stereocenters. The second-order valence-electron chi connectivity index (χ2n) is 5.09. The molecule has 0 aliphatic rings. The molecule has 0 fully saturated rings. The molecule has 0 saturated heterocycles. The Kier molecular flexibility index (Phi) is 6.19. The van der Waals surface area contributed by atoms with Crippen LogP contribution in [0.4, 0.5) is 5.82 Å². The molecular formula is C15H13Cl2N3O5S. The Balaban J connectivity index is 2.09. The van der Waals surface area contributed by atoms with E-state index in [0.29, 0.717) is 5.02 Å². The Bertz CT molecular complexity index is 948. The van der Waals surface area contributed by atoms with Crippen LogP contribution in [0.5, 0.6) is 0 Å². The van der Waals surface area contributed by atoms with Crippen molar-refractivity contribution in [3.8, 4) is 0 Å². The number of pyridine rings is 1. The summed E-state index contributed by atoms with van der Waals surface area (Å²) in [5.74, 6) is -1.32. The number of ether oxygens (including phenoxy) is 1. The Hall–Kier alpha value is -2.20. The molecule has 1 aromatic heterocycles. The van der Waals surface area contributed by atoms with Gasteiger partial charge in [0.15, 0.2) is 6.10 Å². The highest BCUT2D eigenvalue weighted by Crippen LogP contribution is 2.22. The van der Waals surface area contributed by atoms with Crippen LogP contribution in [0.15, 0.2) is 41.4 Å². The van der Waals surface area contributed by atoms with Crippen LogP contribution in [0, 0.1) is 0 Å². The molecule has 0 aliphatic heterocycles. The SMILES string of the molecule is CC(OC(=O)c1ccc(Cl)c(S(N)(=O)=O)c1)C(=O)Nc1ccc(Cl)cn1. The molecule has 0 radical (unpaired) electrons. The van der Waals surface area contributed by atoms with E-state index >= 15 is 0 Å². The Morgan fingerprint density at radius 2 is 1.92 bits per heavy atom. The molecule has 11 heteroatoms. The number of benzene rings is 1. The highest BCUT2D eigenvalue weighted by molar-refractivity contribution is 7.89. The third-order valence-electron chi connectivity index (χ3n) is 3.11. The van der Waals surface area contributed by atoms with Crippen molar-refractivity contribution in [3.05, 3.63) is 52.1 Å². The highest BCUT2D eigenvalue weighted by atomic mass is 35.5. The lowest BCUT2D eigenvalue weighted by Crippen LogP contribution is -2.30. The van der Waals surface area contributed by atoms with Crippen LogP contribution in [-0.2, 0) is 19.6 Å². The topological polar surface area (TPSA) is 128 Å². The van der Waals surface area contributed by atoms with E-state index in [4.69, 9.17) is 33.1 Å². The van der Waals surface area contributed by atoms with E-state index in [2.05, 4.69) is 10.3 Å². The van der Waals surface area contributed by atoms with Gasteiger partial charge in [-0.25, -0.2) is 23.3 Å². The van der Waals surface area contributed by atoms with E-state index in [1.807, 2.05) is 0 Å². The molecular weight excluding hydrogens is 405 g/mol. The van der Waals surface area contributed by atoms with Gasteiger partial charge in [-0.15, -0.1) is 0 Å². The first kappa shape index (κ1) is 20.1. The van der Waals surface area contributed by atoms with Crippen molar-refractivity contribution in [2.75, 3.05) is 5.32 Å². The van der Waals surface area contributed by atoms with Crippen LogP contribution in [0.1, 0.15) is 17.3 Å². The number of hydrogen-bond acceptors (Lipinski definition) is 6. The maximum absolute atomic E-state index is 12.1. The molecule has 1 amide bonds. The number of sulfonamides is 1. The molecule has 26 heavy (non-hydrogen) atoms. The summed E-state index contributed by atoms with van der Waals surface area (Å²) < 4.78 is 27.9. The van der Waals surface area contributed by atoms with Crippen molar-refractivity contribution < 1.29 is 22.7 Å². The summed E-state index contributed by atoms with van der Waals surface area (Å²) in [4.78, 5) is 27.6. The lowest BCUT2D eigenvalue weighted by atomic mass is 10.2. The number of nitrogens with one attached hydrogen (secondary N) is 1. The molecule has 0 aliphatic carbocycles. The third-order valence-corrected chi connectivity index (χ3v) is 4.72. The number of nitrogens with zero attached hydrogens (tertiary/aromatic N) is 1. The smallest absolute Gasteiger partial charge is 0.338 e. The van der Waals surface area contributed by atoms with Crippen molar-refractivity contribution >= 4 is 50.9 Å². The van der Waals surface area contributed by atoms with Crippen LogP contribution in [-0.4, -0.2) is 31.4 Å². The van der Waals surface area contributed by atoms with Crippen LogP contribution >= 0.6 is 23.2 Å². The zero-order valence-corrected chi connectivity index (χ0v) is 15.6. The minimum absolute atomic E-state index is 0.123. The van der Waals surface area contributed by atoms with E-state index < -0.39 is 32.9 Å². The fourth-order valence-corrected chi connectivity index (χ4v) is 2.99. The van der Waals surface area contributed by atoms with Crippen LogP contribution in [0.2, 0.25) is 10.0 Å². The lowest BCUT2D eigenvalue weighted by Gasteiger charge is -2.13. The van der Waals surface area contributed by atoms with Crippen LogP contribution in [0.3, 0.4) is 0 Å². The Morgan fingerprint density at radius 1 is 1.23 bits per heavy atom. The van der Waals surface area contributed by atoms with Crippen LogP contribution < -0.4 is 10.5 Å². The average Bonchev–Trinajstić information content (AvgIpc) is 2.56. The first-order valence-corrected chi connectivity index (χ1v) is 9.34. The molecule has 2 aromatic rings. The van der Waals surface area contributed by atoms with Gasteiger partial charge in [-0.1, -0.05) is 23.2 Å². The van der Waals surface area contributed by atoms with Gasteiger partial charge in [0.05, 0.1) is 15.6 Å². The third kappa shape index (κ3) is 5.15. The molecule has 8 nitrogen and oxygen atoms in total. The monoisotopic (exact) mass is 417 g/mol. The maximum atomic E-state index is 12.1. The predicted molar refractivity (Wildman–Crippen MR) is 95.6 cm³/mol. The number of aromatic nitrogens is 1. The van der Waals surface area contributed by atoms with Gasteiger partial charge in [-0.3, -0.25) is 4.79 Å². The lowest BCUT2D eigenvalue weighted by molar-refractivity contribution is -0.123. The first-order valence-electron chi connectivity index (χ1n) is 7.03. The molecule has 3 N–H and O–H groups in total. The number of amides is 1. The first-order chi connectivity index (χ1) is 12.1. The zero-order valence-electron chi connectivity index (χ0n) is 13.3. The Morgan fingerprint density at radius 3 is 2.50 bits per heavy atom. The molecule has 0 saturated carbocycles. The summed E-state index contributed by atoms with van der Waals surface area (Å²) in [5, 5.41) is 7.74. The standard InChI is InChI=1S/C15H13Cl2N3O5S/c1-8(14(21)20-13-5-3-10(16)7-19-13)25-15(22)9-2-4-11(17)12(6-9)26(18,23)24/h2-8H,1H3,(H2,18,23,24)(H,19,20,21). The van der Waals surface area contributed by atoms with Crippen LogP contribution in [0.25, 0.3) is 0 Å².